The molecular weight excluding hydrogens is 402 g/mol. The van der Waals surface area contributed by atoms with Gasteiger partial charge in [0, 0.05) is 7.79 Å². The second-order valence-electron chi connectivity index (χ2n) is 8.93. The monoisotopic (exact) mass is 452 g/mol. The summed E-state index contributed by atoms with van der Waals surface area (Å²) in [6, 6.07) is 0.464. The van der Waals surface area contributed by atoms with Gasteiger partial charge < -0.3 is 15.7 Å². The molecule has 32 heavy (non-hydrogen) atoms. The molecule has 0 aromatic rings. The molecule has 6 heteroatoms. The van der Waals surface area contributed by atoms with Crippen molar-refractivity contribution in [2.24, 2.45) is 0 Å². The maximum Gasteiger partial charge on any atom is 0.326 e. The number of nitrogens with zero attached hydrogens (tertiary/aromatic N) is 1. The topological polar surface area (TPSA) is 102 Å². The quantitative estimate of drug-likeness (QED) is 0.163. The third-order valence-electron chi connectivity index (χ3n) is 5.93. The minimum absolute atomic E-state index is 0.105. The standard InChI is InChI=1S/C26H49N3O3/c1-3-4-5-6-7-8-9-10-11-12-13-14-15-16-17-18-22-28-23(2)25(30)29-24(26(31)32)20-19-21-27/h23-24,28H,3-20,22H2,1-2H3,(H,29,30)(H,31,32)/t23-,24-/m0/s1/i1D. The van der Waals surface area contributed by atoms with E-state index in [0.717, 1.165) is 25.8 Å². The molecule has 0 saturated heterocycles. The van der Waals surface area contributed by atoms with Crippen molar-refractivity contribution in [3.05, 3.63) is 0 Å². The van der Waals surface area contributed by atoms with Crippen molar-refractivity contribution in [1.82, 2.24) is 10.6 Å². The molecule has 0 aliphatic carbocycles. The number of carboxylic acid groups (broad SMARTS) is 1. The van der Waals surface area contributed by atoms with E-state index in [2.05, 4.69) is 10.6 Å². The highest BCUT2D eigenvalue weighted by molar-refractivity contribution is 5.86. The summed E-state index contributed by atoms with van der Waals surface area (Å²) in [5.41, 5.74) is 0. The lowest BCUT2D eigenvalue weighted by Crippen LogP contribution is -2.49. The van der Waals surface area contributed by atoms with E-state index >= 15 is 0 Å². The van der Waals surface area contributed by atoms with Gasteiger partial charge in [-0.3, -0.25) is 4.79 Å². The second kappa shape index (κ2) is 22.6. The predicted molar refractivity (Wildman–Crippen MR) is 131 cm³/mol. The molecule has 0 fully saturated rings. The molecule has 6 nitrogen and oxygen atoms in total. The predicted octanol–water partition coefficient (Wildman–Crippen LogP) is 6.10. The zero-order valence-corrected chi connectivity index (χ0v) is 20.5. The van der Waals surface area contributed by atoms with Crippen LogP contribution in [0.3, 0.4) is 0 Å². The summed E-state index contributed by atoms with van der Waals surface area (Å²) >= 11 is 0. The van der Waals surface area contributed by atoms with Crippen LogP contribution in [0.1, 0.15) is 131 Å². The van der Waals surface area contributed by atoms with E-state index in [0.29, 0.717) is 6.90 Å². The number of nitriles is 1. The number of carbonyl (C=O) groups is 2. The van der Waals surface area contributed by atoms with Crippen LogP contribution in [0.4, 0.5) is 0 Å². The third kappa shape index (κ3) is 19.1. The smallest absolute Gasteiger partial charge is 0.326 e. The molecule has 0 unspecified atom stereocenters. The number of amides is 1. The molecule has 0 heterocycles. The summed E-state index contributed by atoms with van der Waals surface area (Å²) in [6.07, 6.45) is 20.7. The van der Waals surface area contributed by atoms with E-state index in [1.165, 1.54) is 83.5 Å². The average molecular weight is 453 g/mol. The van der Waals surface area contributed by atoms with Crippen molar-refractivity contribution >= 4 is 11.9 Å². The van der Waals surface area contributed by atoms with Gasteiger partial charge in [0.1, 0.15) is 6.04 Å². The van der Waals surface area contributed by atoms with E-state index < -0.39 is 18.1 Å². The number of carbonyl (C=O) groups excluding carboxylic acids is 1. The van der Waals surface area contributed by atoms with E-state index in [4.69, 9.17) is 11.7 Å². The minimum Gasteiger partial charge on any atom is -0.480 e. The fourth-order valence-electron chi connectivity index (χ4n) is 3.77. The van der Waals surface area contributed by atoms with Crippen molar-refractivity contribution in [3.8, 4) is 6.07 Å². The van der Waals surface area contributed by atoms with Crippen molar-refractivity contribution in [1.29, 1.82) is 5.26 Å². The Labute approximate surface area is 198 Å². The highest BCUT2D eigenvalue weighted by Crippen LogP contribution is 2.13. The van der Waals surface area contributed by atoms with Crippen LogP contribution in [-0.4, -0.2) is 35.6 Å². The Balaban J connectivity index is 3.45. The molecule has 0 saturated carbocycles. The van der Waals surface area contributed by atoms with Gasteiger partial charge in [-0.15, -0.1) is 0 Å². The number of hydrogen-bond donors (Lipinski definition) is 3. The lowest BCUT2D eigenvalue weighted by molar-refractivity contribution is -0.142. The van der Waals surface area contributed by atoms with Crippen LogP contribution in [-0.2, 0) is 9.59 Å². The molecule has 1 amide bonds. The van der Waals surface area contributed by atoms with Crippen molar-refractivity contribution in [2.75, 3.05) is 6.54 Å². The Morgan fingerprint density at radius 2 is 1.34 bits per heavy atom. The maximum absolute atomic E-state index is 12.1. The Hall–Kier alpha value is -1.61. The Kier molecular flexibility index (Phi) is 20.1. The highest BCUT2D eigenvalue weighted by atomic mass is 16.4. The summed E-state index contributed by atoms with van der Waals surface area (Å²) in [4.78, 5) is 23.3. The van der Waals surface area contributed by atoms with E-state index in [1.807, 2.05) is 6.07 Å². The maximum atomic E-state index is 12.1. The number of hydrogen-bond acceptors (Lipinski definition) is 4. The number of carboxylic acids is 1. The first kappa shape index (κ1) is 28.4. The van der Waals surface area contributed by atoms with Gasteiger partial charge in [0.2, 0.25) is 5.91 Å². The summed E-state index contributed by atoms with van der Waals surface area (Å²) < 4.78 is 7.13. The van der Waals surface area contributed by atoms with Crippen LogP contribution in [0, 0.1) is 11.3 Å². The molecule has 0 radical (unpaired) electrons. The second-order valence-corrected chi connectivity index (χ2v) is 8.93. The van der Waals surface area contributed by atoms with Gasteiger partial charge in [-0.25, -0.2) is 4.79 Å². The van der Waals surface area contributed by atoms with Crippen molar-refractivity contribution in [2.45, 2.75) is 141 Å². The first-order chi connectivity index (χ1) is 16.0. The van der Waals surface area contributed by atoms with Crippen molar-refractivity contribution < 1.29 is 16.1 Å². The molecule has 0 aliphatic rings. The molecule has 3 N–H and O–H groups in total. The molecule has 2 atom stereocenters. The molecule has 0 bridgehead atoms. The summed E-state index contributed by atoms with van der Waals surface area (Å²) in [6.45, 7) is 3.06. The van der Waals surface area contributed by atoms with Gasteiger partial charge in [-0.2, -0.15) is 5.26 Å². The van der Waals surface area contributed by atoms with Crippen LogP contribution < -0.4 is 10.6 Å². The van der Waals surface area contributed by atoms with Crippen molar-refractivity contribution in [3.63, 3.8) is 0 Å². The number of aliphatic carboxylic acids is 1. The summed E-state index contributed by atoms with van der Waals surface area (Å²) in [5, 5.41) is 23.4. The van der Waals surface area contributed by atoms with E-state index in [1.54, 1.807) is 6.92 Å². The molecule has 0 aliphatic heterocycles. The lowest BCUT2D eigenvalue weighted by atomic mass is 10.0. The number of rotatable bonds is 23. The van der Waals surface area contributed by atoms with Crippen LogP contribution in [0.5, 0.6) is 0 Å². The molecule has 0 aromatic carbocycles. The largest absolute Gasteiger partial charge is 0.480 e. The molecule has 186 valence electrons. The minimum atomic E-state index is -1.10. The molecule has 0 aromatic heterocycles. The SMILES string of the molecule is [2H]CCCCCCCCCCCCCCCCCCN[C@@H](C)C(=O)N[C@@H](CCC#N)C(=O)O. The van der Waals surface area contributed by atoms with Crippen LogP contribution in [0.25, 0.3) is 0 Å². The molecule has 0 spiro atoms. The van der Waals surface area contributed by atoms with Gasteiger partial charge in [0.15, 0.2) is 0 Å². The lowest BCUT2D eigenvalue weighted by Gasteiger charge is -2.18. The van der Waals surface area contributed by atoms with Gasteiger partial charge in [0.05, 0.1) is 12.1 Å². The molecular formula is C26H49N3O3. The zero-order valence-electron chi connectivity index (χ0n) is 21.5. The Morgan fingerprint density at radius 3 is 1.78 bits per heavy atom. The normalized spacial score (nSPS) is 13.2. The Morgan fingerprint density at radius 1 is 0.875 bits per heavy atom. The van der Waals surface area contributed by atoms with Gasteiger partial charge >= 0.3 is 5.97 Å². The van der Waals surface area contributed by atoms with E-state index in [-0.39, 0.29) is 18.7 Å². The average Bonchev–Trinajstić information content (AvgIpc) is 2.80. The number of nitrogens with one attached hydrogen (secondary N) is 2. The fourth-order valence-corrected chi connectivity index (χ4v) is 3.77. The van der Waals surface area contributed by atoms with Gasteiger partial charge in [0.25, 0.3) is 0 Å². The number of unbranched alkanes of at least 4 members (excludes halogenated alkanes) is 15. The molecule has 0 rings (SSSR count). The summed E-state index contributed by atoms with van der Waals surface area (Å²) in [5.74, 6) is -1.44. The van der Waals surface area contributed by atoms with Crippen LogP contribution >= 0.6 is 0 Å². The highest BCUT2D eigenvalue weighted by Gasteiger charge is 2.22. The zero-order chi connectivity index (χ0) is 24.6. The van der Waals surface area contributed by atoms with Crippen LogP contribution in [0.2, 0.25) is 0 Å². The van der Waals surface area contributed by atoms with E-state index in [9.17, 15) is 9.59 Å². The van der Waals surface area contributed by atoms with Gasteiger partial charge in [-0.05, 0) is 26.3 Å². The summed E-state index contributed by atoms with van der Waals surface area (Å²) in [7, 11) is 0. The van der Waals surface area contributed by atoms with Crippen LogP contribution in [0.15, 0.2) is 0 Å². The third-order valence-corrected chi connectivity index (χ3v) is 5.93. The Bertz CT molecular complexity index is 525. The fraction of sp³-hybridized carbons (Fsp3) is 0.885. The first-order valence-corrected chi connectivity index (χ1v) is 13.0. The van der Waals surface area contributed by atoms with Gasteiger partial charge in [-0.1, -0.05) is 103 Å². The first-order valence-electron chi connectivity index (χ1n) is 13.7.